The van der Waals surface area contributed by atoms with Gasteiger partial charge in [0.2, 0.25) is 0 Å². The zero-order valence-corrected chi connectivity index (χ0v) is 9.35. The number of hydrogen-bond donors (Lipinski definition) is 1. The third kappa shape index (κ3) is 2.12. The van der Waals surface area contributed by atoms with Gasteiger partial charge in [0.25, 0.3) is 0 Å². The number of aromatic nitrogens is 1. The molecule has 1 atom stereocenters. The minimum atomic E-state index is 0.0604. The topological polar surface area (TPSA) is 36.4 Å². The van der Waals surface area contributed by atoms with E-state index in [-0.39, 0.29) is 6.61 Å². The molecule has 15 heavy (non-hydrogen) atoms. The largest absolute Gasteiger partial charge is 0.392 e. The number of pyridine rings is 1. The Labute approximate surface area is 90.8 Å². The van der Waals surface area contributed by atoms with Crippen LogP contribution in [0.1, 0.15) is 25.3 Å². The quantitative estimate of drug-likeness (QED) is 0.816. The average Bonchev–Trinajstić information content (AvgIpc) is 3.11. The Bertz CT molecular complexity index is 336. The Balaban J connectivity index is 2.19. The van der Waals surface area contributed by atoms with E-state index in [1.165, 1.54) is 12.8 Å². The van der Waals surface area contributed by atoms with Crippen LogP contribution in [0, 0.1) is 5.92 Å². The Morgan fingerprint density at radius 2 is 2.33 bits per heavy atom. The standard InChI is InChI=1S/C12H18N2O/c1-9(10-5-6-10)14(2)12-11(8-15)4-3-7-13-12/h3-4,7,9-10,15H,5-6,8H2,1-2H3. The fraction of sp³-hybridized carbons (Fsp3) is 0.583. The van der Waals surface area contributed by atoms with Gasteiger partial charge in [0.05, 0.1) is 6.61 Å². The van der Waals surface area contributed by atoms with Crippen molar-refractivity contribution in [1.82, 2.24) is 4.98 Å². The smallest absolute Gasteiger partial charge is 0.134 e. The van der Waals surface area contributed by atoms with Crippen molar-refractivity contribution in [3.05, 3.63) is 23.9 Å². The molecule has 0 radical (unpaired) electrons. The highest BCUT2D eigenvalue weighted by atomic mass is 16.3. The van der Waals surface area contributed by atoms with Gasteiger partial charge in [-0.25, -0.2) is 4.98 Å². The van der Waals surface area contributed by atoms with Crippen molar-refractivity contribution < 1.29 is 5.11 Å². The van der Waals surface area contributed by atoms with Gasteiger partial charge in [0, 0.05) is 24.8 Å². The van der Waals surface area contributed by atoms with Crippen LogP contribution in [0.4, 0.5) is 5.82 Å². The molecule has 1 aliphatic rings. The molecule has 1 unspecified atom stereocenters. The molecule has 0 bridgehead atoms. The van der Waals surface area contributed by atoms with Crippen molar-refractivity contribution >= 4 is 5.82 Å². The molecule has 1 aliphatic carbocycles. The first-order valence-corrected chi connectivity index (χ1v) is 5.51. The van der Waals surface area contributed by atoms with Crippen molar-refractivity contribution in [3.63, 3.8) is 0 Å². The van der Waals surface area contributed by atoms with E-state index in [1.807, 2.05) is 12.1 Å². The van der Waals surface area contributed by atoms with E-state index in [0.717, 1.165) is 17.3 Å². The molecule has 2 rings (SSSR count). The summed E-state index contributed by atoms with van der Waals surface area (Å²) in [5.41, 5.74) is 0.910. The molecular weight excluding hydrogens is 188 g/mol. The van der Waals surface area contributed by atoms with Gasteiger partial charge < -0.3 is 10.0 Å². The van der Waals surface area contributed by atoms with Crippen molar-refractivity contribution in [2.45, 2.75) is 32.4 Å². The van der Waals surface area contributed by atoms with E-state index in [9.17, 15) is 5.11 Å². The van der Waals surface area contributed by atoms with Crippen LogP contribution in [0.5, 0.6) is 0 Å². The second-order valence-corrected chi connectivity index (χ2v) is 4.33. The van der Waals surface area contributed by atoms with E-state index < -0.39 is 0 Å². The summed E-state index contributed by atoms with van der Waals surface area (Å²) in [7, 11) is 2.06. The van der Waals surface area contributed by atoms with Crippen molar-refractivity contribution in [2.75, 3.05) is 11.9 Å². The van der Waals surface area contributed by atoms with Crippen LogP contribution in [0.2, 0.25) is 0 Å². The number of anilines is 1. The van der Waals surface area contributed by atoms with Gasteiger partial charge in [0.1, 0.15) is 5.82 Å². The van der Waals surface area contributed by atoms with Gasteiger partial charge in [0.15, 0.2) is 0 Å². The lowest BCUT2D eigenvalue weighted by Crippen LogP contribution is -2.32. The number of rotatable bonds is 4. The van der Waals surface area contributed by atoms with E-state index in [4.69, 9.17) is 0 Å². The lowest BCUT2D eigenvalue weighted by molar-refractivity contribution is 0.281. The van der Waals surface area contributed by atoms with E-state index in [1.54, 1.807) is 6.20 Å². The summed E-state index contributed by atoms with van der Waals surface area (Å²) < 4.78 is 0. The highest BCUT2D eigenvalue weighted by Gasteiger charge is 2.31. The third-order valence-electron chi connectivity index (χ3n) is 3.29. The number of aliphatic hydroxyl groups excluding tert-OH is 1. The van der Waals surface area contributed by atoms with Crippen LogP contribution >= 0.6 is 0 Å². The molecule has 0 aromatic carbocycles. The minimum absolute atomic E-state index is 0.0604. The molecule has 0 aliphatic heterocycles. The van der Waals surface area contributed by atoms with Crippen LogP contribution in [0.15, 0.2) is 18.3 Å². The van der Waals surface area contributed by atoms with Gasteiger partial charge in [-0.05, 0) is 31.7 Å². The van der Waals surface area contributed by atoms with Gasteiger partial charge in [-0.3, -0.25) is 0 Å². The third-order valence-corrected chi connectivity index (χ3v) is 3.29. The zero-order valence-electron chi connectivity index (χ0n) is 9.35. The lowest BCUT2D eigenvalue weighted by atomic mass is 10.1. The molecule has 0 spiro atoms. The number of nitrogens with zero attached hydrogens (tertiary/aromatic N) is 2. The summed E-state index contributed by atoms with van der Waals surface area (Å²) in [4.78, 5) is 6.53. The van der Waals surface area contributed by atoms with Crippen LogP contribution in [0.3, 0.4) is 0 Å². The second kappa shape index (κ2) is 4.19. The predicted molar refractivity (Wildman–Crippen MR) is 60.7 cm³/mol. The van der Waals surface area contributed by atoms with Crippen molar-refractivity contribution in [1.29, 1.82) is 0 Å². The van der Waals surface area contributed by atoms with Crippen molar-refractivity contribution in [3.8, 4) is 0 Å². The van der Waals surface area contributed by atoms with E-state index in [0.29, 0.717) is 6.04 Å². The molecule has 1 aromatic heterocycles. The molecule has 1 aromatic rings. The molecule has 1 N–H and O–H groups in total. The van der Waals surface area contributed by atoms with Gasteiger partial charge in [-0.1, -0.05) is 6.07 Å². The van der Waals surface area contributed by atoms with Gasteiger partial charge in [-0.15, -0.1) is 0 Å². The first-order valence-electron chi connectivity index (χ1n) is 5.51. The Hall–Kier alpha value is -1.09. The van der Waals surface area contributed by atoms with Crippen LogP contribution < -0.4 is 4.90 Å². The van der Waals surface area contributed by atoms with E-state index in [2.05, 4.69) is 23.9 Å². The molecular formula is C12H18N2O. The lowest BCUT2D eigenvalue weighted by Gasteiger charge is -2.27. The first kappa shape index (κ1) is 10.4. The summed E-state index contributed by atoms with van der Waals surface area (Å²) in [5, 5.41) is 9.24. The summed E-state index contributed by atoms with van der Waals surface area (Å²) in [6.07, 6.45) is 4.43. The fourth-order valence-corrected chi connectivity index (χ4v) is 1.96. The second-order valence-electron chi connectivity index (χ2n) is 4.33. The van der Waals surface area contributed by atoms with Gasteiger partial charge in [-0.2, -0.15) is 0 Å². The SMILES string of the molecule is CC(C1CC1)N(C)c1ncccc1CO. The molecule has 82 valence electrons. The number of aliphatic hydroxyl groups is 1. The molecule has 1 heterocycles. The molecule has 0 amide bonds. The Morgan fingerprint density at radius 3 is 2.93 bits per heavy atom. The number of hydrogen-bond acceptors (Lipinski definition) is 3. The fourth-order valence-electron chi connectivity index (χ4n) is 1.96. The normalized spacial score (nSPS) is 17.5. The van der Waals surface area contributed by atoms with E-state index >= 15 is 0 Å². The summed E-state index contributed by atoms with van der Waals surface area (Å²) in [6, 6.07) is 4.31. The predicted octanol–water partition coefficient (Wildman–Crippen LogP) is 1.81. The maximum Gasteiger partial charge on any atom is 0.134 e. The summed E-state index contributed by atoms with van der Waals surface area (Å²) >= 11 is 0. The summed E-state index contributed by atoms with van der Waals surface area (Å²) in [5.74, 6) is 1.72. The first-order chi connectivity index (χ1) is 7.24. The van der Waals surface area contributed by atoms with Crippen LogP contribution in [-0.2, 0) is 6.61 Å². The highest BCUT2D eigenvalue weighted by molar-refractivity contribution is 5.46. The maximum absolute atomic E-state index is 9.24. The molecule has 1 fully saturated rings. The Kier molecular flexibility index (Phi) is 2.91. The van der Waals surface area contributed by atoms with Gasteiger partial charge >= 0.3 is 0 Å². The molecule has 3 nitrogen and oxygen atoms in total. The molecule has 0 saturated heterocycles. The minimum Gasteiger partial charge on any atom is -0.392 e. The molecule has 3 heteroatoms. The monoisotopic (exact) mass is 206 g/mol. The van der Waals surface area contributed by atoms with Crippen molar-refractivity contribution in [2.24, 2.45) is 5.92 Å². The van der Waals surface area contributed by atoms with Crippen LogP contribution in [0.25, 0.3) is 0 Å². The summed E-state index contributed by atoms with van der Waals surface area (Å²) in [6.45, 7) is 2.29. The van der Waals surface area contributed by atoms with Crippen LogP contribution in [-0.4, -0.2) is 23.2 Å². The highest BCUT2D eigenvalue weighted by Crippen LogP contribution is 2.36. The average molecular weight is 206 g/mol. The zero-order chi connectivity index (χ0) is 10.8. The maximum atomic E-state index is 9.24. The Morgan fingerprint density at radius 1 is 1.60 bits per heavy atom. The molecule has 1 saturated carbocycles.